The highest BCUT2D eigenvalue weighted by molar-refractivity contribution is 9.10. The number of pyridine rings is 1. The van der Waals surface area contributed by atoms with E-state index < -0.39 is 0 Å². The van der Waals surface area contributed by atoms with Gasteiger partial charge in [-0.25, -0.2) is 4.79 Å². The lowest BCUT2D eigenvalue weighted by Gasteiger charge is -2.28. The molecule has 3 aromatic rings. The van der Waals surface area contributed by atoms with E-state index in [1.807, 2.05) is 22.8 Å². The van der Waals surface area contributed by atoms with Crippen molar-refractivity contribution in [2.75, 3.05) is 7.11 Å². The zero-order valence-electron chi connectivity index (χ0n) is 14.7. The molecule has 0 radical (unpaired) electrons. The number of esters is 1. The second kappa shape index (κ2) is 6.54. The molecule has 26 heavy (non-hydrogen) atoms. The molecule has 2 aromatic heterocycles. The number of carbonyl (C=O) groups is 1. The number of aromatic nitrogens is 3. The van der Waals surface area contributed by atoms with Crippen LogP contribution in [0, 0.1) is 5.92 Å². The van der Waals surface area contributed by atoms with Crippen LogP contribution in [0.1, 0.15) is 31.7 Å². The molecule has 1 aliphatic rings. The maximum absolute atomic E-state index is 13.0. The summed E-state index contributed by atoms with van der Waals surface area (Å²) in [4.78, 5) is 29.3. The predicted molar refractivity (Wildman–Crippen MR) is 103 cm³/mol. The van der Waals surface area contributed by atoms with Gasteiger partial charge in [-0.15, -0.1) is 0 Å². The van der Waals surface area contributed by atoms with Crippen molar-refractivity contribution in [3.05, 3.63) is 39.4 Å². The van der Waals surface area contributed by atoms with Crippen molar-refractivity contribution in [2.24, 2.45) is 13.0 Å². The van der Waals surface area contributed by atoms with Crippen molar-refractivity contribution in [3.63, 3.8) is 0 Å². The van der Waals surface area contributed by atoms with Crippen molar-refractivity contribution in [2.45, 2.75) is 31.7 Å². The molecule has 136 valence electrons. The average molecular weight is 418 g/mol. The van der Waals surface area contributed by atoms with Gasteiger partial charge in [0.25, 0.3) is 0 Å². The van der Waals surface area contributed by atoms with Crippen LogP contribution in [0.15, 0.2) is 33.7 Å². The number of imidazole rings is 1. The van der Waals surface area contributed by atoms with Gasteiger partial charge in [0, 0.05) is 22.9 Å². The maximum Gasteiger partial charge on any atom is 0.329 e. The van der Waals surface area contributed by atoms with Crippen LogP contribution in [-0.4, -0.2) is 27.2 Å². The van der Waals surface area contributed by atoms with Crippen molar-refractivity contribution in [1.29, 1.82) is 0 Å². The highest BCUT2D eigenvalue weighted by Crippen LogP contribution is 2.35. The highest BCUT2D eigenvalue weighted by Gasteiger charge is 2.30. The van der Waals surface area contributed by atoms with Gasteiger partial charge >= 0.3 is 11.7 Å². The minimum Gasteiger partial charge on any atom is -0.469 e. The molecule has 0 bridgehead atoms. The van der Waals surface area contributed by atoms with E-state index in [1.165, 1.54) is 7.11 Å². The third-order valence-corrected chi connectivity index (χ3v) is 5.97. The van der Waals surface area contributed by atoms with Gasteiger partial charge in [0.2, 0.25) is 0 Å². The molecule has 0 aliphatic heterocycles. The van der Waals surface area contributed by atoms with Crippen molar-refractivity contribution >= 4 is 43.8 Å². The predicted octanol–water partition coefficient (Wildman–Crippen LogP) is 3.56. The molecule has 1 fully saturated rings. The van der Waals surface area contributed by atoms with Crippen molar-refractivity contribution in [1.82, 2.24) is 14.1 Å². The zero-order valence-corrected chi connectivity index (χ0v) is 16.3. The smallest absolute Gasteiger partial charge is 0.329 e. The average Bonchev–Trinajstić information content (AvgIpc) is 2.92. The summed E-state index contributed by atoms with van der Waals surface area (Å²) in [5.74, 6) is -0.207. The fourth-order valence-electron chi connectivity index (χ4n) is 4.07. The Morgan fingerprint density at radius 1 is 1.27 bits per heavy atom. The molecular formula is C19H20BrN3O3. The van der Waals surface area contributed by atoms with E-state index in [4.69, 9.17) is 4.74 Å². The summed E-state index contributed by atoms with van der Waals surface area (Å²) < 4.78 is 9.39. The van der Waals surface area contributed by atoms with Crippen LogP contribution in [0.4, 0.5) is 0 Å². The minimum absolute atomic E-state index is 0.0317. The highest BCUT2D eigenvalue weighted by atomic mass is 79.9. The fraction of sp³-hybridized carbons (Fsp3) is 0.421. The summed E-state index contributed by atoms with van der Waals surface area (Å²) in [6.45, 7) is 0. The molecule has 1 saturated carbocycles. The molecule has 1 aliphatic carbocycles. The van der Waals surface area contributed by atoms with Crippen LogP contribution in [0.3, 0.4) is 0 Å². The number of hydrogen-bond acceptors (Lipinski definition) is 4. The first-order valence-corrected chi connectivity index (χ1v) is 9.53. The van der Waals surface area contributed by atoms with Gasteiger partial charge in [0.15, 0.2) is 0 Å². The summed E-state index contributed by atoms with van der Waals surface area (Å²) >= 11 is 3.52. The Morgan fingerprint density at radius 2 is 2.00 bits per heavy atom. The third kappa shape index (κ3) is 2.65. The van der Waals surface area contributed by atoms with Gasteiger partial charge in [-0.3, -0.25) is 18.9 Å². The van der Waals surface area contributed by atoms with E-state index in [2.05, 4.69) is 20.9 Å². The van der Waals surface area contributed by atoms with E-state index in [1.54, 1.807) is 17.8 Å². The maximum atomic E-state index is 13.0. The van der Waals surface area contributed by atoms with Crippen LogP contribution in [0.5, 0.6) is 0 Å². The molecule has 0 spiro atoms. The number of fused-ring (bicyclic) bond motifs is 3. The number of ether oxygens (including phenoxy) is 1. The van der Waals surface area contributed by atoms with Crippen LogP contribution in [-0.2, 0) is 16.6 Å². The quantitative estimate of drug-likeness (QED) is 0.597. The molecule has 0 atom stereocenters. The first-order valence-electron chi connectivity index (χ1n) is 8.74. The Morgan fingerprint density at radius 3 is 2.69 bits per heavy atom. The van der Waals surface area contributed by atoms with E-state index in [0.717, 1.165) is 52.1 Å². The number of methoxy groups -OCH3 is 1. The summed E-state index contributed by atoms with van der Waals surface area (Å²) in [7, 11) is 3.22. The lowest BCUT2D eigenvalue weighted by Crippen LogP contribution is -2.30. The summed E-state index contributed by atoms with van der Waals surface area (Å²) in [5, 5.41) is 0.963. The zero-order chi connectivity index (χ0) is 18.4. The molecule has 4 rings (SSSR count). The van der Waals surface area contributed by atoms with Gasteiger partial charge in [-0.05, 0) is 43.9 Å². The molecule has 0 N–H and O–H groups in total. The van der Waals surface area contributed by atoms with Gasteiger partial charge < -0.3 is 4.74 Å². The second-order valence-corrected chi connectivity index (χ2v) is 7.81. The number of aryl methyl sites for hydroxylation is 1. The Kier molecular flexibility index (Phi) is 4.34. The number of nitrogens with zero attached hydrogens (tertiary/aromatic N) is 3. The lowest BCUT2D eigenvalue weighted by molar-refractivity contribution is -0.146. The lowest BCUT2D eigenvalue weighted by atomic mass is 9.86. The molecule has 1 aromatic carbocycles. The Hall–Kier alpha value is -2.15. The standard InChI is InChI=1S/C19H20BrN3O3/c1-22-16-10-21-15-8-5-12(20)9-14(15)17(16)23(19(22)25)13-6-3-11(4-7-13)18(24)26-2/h5,8-11,13H,3-4,6-7H2,1-2H3. The first-order chi connectivity index (χ1) is 12.5. The molecule has 0 unspecified atom stereocenters. The summed E-state index contributed by atoms with van der Waals surface area (Å²) in [6.07, 6.45) is 4.83. The number of benzene rings is 1. The van der Waals surface area contributed by atoms with Crippen LogP contribution < -0.4 is 5.69 Å². The normalized spacial score (nSPS) is 20.6. The molecular weight excluding hydrogens is 398 g/mol. The van der Waals surface area contributed by atoms with E-state index in [-0.39, 0.29) is 23.6 Å². The van der Waals surface area contributed by atoms with E-state index in [9.17, 15) is 9.59 Å². The number of rotatable bonds is 2. The minimum atomic E-state index is -0.146. The Labute approximate surface area is 158 Å². The van der Waals surface area contributed by atoms with Gasteiger partial charge in [0.1, 0.15) is 0 Å². The van der Waals surface area contributed by atoms with Crippen molar-refractivity contribution < 1.29 is 9.53 Å². The van der Waals surface area contributed by atoms with E-state index >= 15 is 0 Å². The summed E-state index contributed by atoms with van der Waals surface area (Å²) in [5.41, 5.74) is 2.58. The Balaban J connectivity index is 1.85. The Bertz CT molecular complexity index is 1060. The van der Waals surface area contributed by atoms with Crippen LogP contribution in [0.25, 0.3) is 21.9 Å². The molecule has 2 heterocycles. The first kappa shape index (κ1) is 17.3. The number of halogens is 1. The SMILES string of the molecule is COC(=O)C1CCC(n2c(=O)n(C)c3cnc4ccc(Br)cc4c32)CC1. The fourth-order valence-corrected chi connectivity index (χ4v) is 4.44. The third-order valence-electron chi connectivity index (χ3n) is 5.47. The molecule has 6 nitrogen and oxygen atoms in total. The largest absolute Gasteiger partial charge is 0.469 e. The summed E-state index contributed by atoms with van der Waals surface area (Å²) in [6, 6.07) is 6.00. The number of hydrogen-bond donors (Lipinski definition) is 0. The van der Waals surface area contributed by atoms with Gasteiger partial charge in [0.05, 0.1) is 35.8 Å². The van der Waals surface area contributed by atoms with E-state index in [0.29, 0.717) is 0 Å². The van der Waals surface area contributed by atoms with Gasteiger partial charge in [-0.1, -0.05) is 15.9 Å². The topological polar surface area (TPSA) is 66.1 Å². The van der Waals surface area contributed by atoms with Crippen molar-refractivity contribution in [3.8, 4) is 0 Å². The molecule has 7 heteroatoms. The van der Waals surface area contributed by atoms with Gasteiger partial charge in [-0.2, -0.15) is 0 Å². The van der Waals surface area contributed by atoms with Crippen LogP contribution in [0.2, 0.25) is 0 Å². The monoisotopic (exact) mass is 417 g/mol. The molecule has 0 amide bonds. The second-order valence-electron chi connectivity index (χ2n) is 6.89. The molecule has 0 saturated heterocycles. The van der Waals surface area contributed by atoms with Crippen LogP contribution >= 0.6 is 15.9 Å². The number of carbonyl (C=O) groups excluding carboxylic acids is 1.